The van der Waals surface area contributed by atoms with Crippen molar-refractivity contribution in [3.05, 3.63) is 70.2 Å². The fourth-order valence-electron chi connectivity index (χ4n) is 1.50. The second kappa shape index (κ2) is 6.15. The van der Waals surface area contributed by atoms with Crippen LogP contribution in [-0.2, 0) is 0 Å². The largest absolute Gasteiger partial charge is 0.382 e. The minimum absolute atomic E-state index is 0.311. The molecule has 2 aromatic rings. The third-order valence-electron chi connectivity index (χ3n) is 2.48. The van der Waals surface area contributed by atoms with Gasteiger partial charge in [0, 0.05) is 15.6 Å². The molecule has 0 fully saturated rings. The fourth-order valence-corrected chi connectivity index (χ4v) is 1.99. The average molecular weight is 317 g/mol. The number of amidine groups is 2. The standard InChI is InChI=1S/C14H13BrN4/c15-12-9-5-4-8-11(12)14(17)19-18-13(16)10-6-2-1-3-7-10/h1-9H,(H2,16,18)(H2,17,19). The molecule has 0 unspecified atom stereocenters. The van der Waals surface area contributed by atoms with Gasteiger partial charge in [-0.3, -0.25) is 0 Å². The third kappa shape index (κ3) is 3.42. The molecular weight excluding hydrogens is 304 g/mol. The van der Waals surface area contributed by atoms with Gasteiger partial charge in [0.25, 0.3) is 0 Å². The van der Waals surface area contributed by atoms with Crippen LogP contribution in [0.3, 0.4) is 0 Å². The number of nitrogens with two attached hydrogens (primary N) is 2. The first-order valence-electron chi connectivity index (χ1n) is 5.65. The normalized spacial score (nSPS) is 12.5. The first-order valence-corrected chi connectivity index (χ1v) is 6.44. The van der Waals surface area contributed by atoms with Crippen molar-refractivity contribution in [2.24, 2.45) is 21.7 Å². The summed E-state index contributed by atoms with van der Waals surface area (Å²) in [4.78, 5) is 0. The van der Waals surface area contributed by atoms with Crippen LogP contribution in [0.15, 0.2) is 69.3 Å². The fraction of sp³-hybridized carbons (Fsp3) is 0. The summed E-state index contributed by atoms with van der Waals surface area (Å²) in [6, 6.07) is 17.0. The van der Waals surface area contributed by atoms with E-state index in [1.807, 2.05) is 54.6 Å². The Morgan fingerprint density at radius 1 is 0.789 bits per heavy atom. The molecule has 4 N–H and O–H groups in total. The molecule has 0 aliphatic rings. The maximum Gasteiger partial charge on any atom is 0.154 e. The van der Waals surface area contributed by atoms with Gasteiger partial charge in [0.2, 0.25) is 0 Å². The molecule has 0 spiro atoms. The molecule has 2 aromatic carbocycles. The lowest BCUT2D eigenvalue weighted by Crippen LogP contribution is -2.16. The van der Waals surface area contributed by atoms with Crippen LogP contribution in [0, 0.1) is 0 Å². The Hall–Kier alpha value is -2.14. The molecule has 5 heteroatoms. The van der Waals surface area contributed by atoms with Crippen LogP contribution in [0.1, 0.15) is 11.1 Å². The second-order valence-electron chi connectivity index (χ2n) is 3.82. The summed E-state index contributed by atoms with van der Waals surface area (Å²) >= 11 is 3.41. The van der Waals surface area contributed by atoms with E-state index in [0.717, 1.165) is 15.6 Å². The molecule has 0 aliphatic heterocycles. The van der Waals surface area contributed by atoms with Crippen molar-refractivity contribution in [3.63, 3.8) is 0 Å². The third-order valence-corrected chi connectivity index (χ3v) is 3.18. The molecular formula is C14H13BrN4. The van der Waals surface area contributed by atoms with Crippen molar-refractivity contribution < 1.29 is 0 Å². The highest BCUT2D eigenvalue weighted by molar-refractivity contribution is 9.10. The number of halogens is 1. The molecule has 4 nitrogen and oxygen atoms in total. The number of nitrogens with zero attached hydrogens (tertiary/aromatic N) is 2. The lowest BCUT2D eigenvalue weighted by molar-refractivity contribution is 1.20. The number of benzene rings is 2. The molecule has 0 saturated heterocycles. The smallest absolute Gasteiger partial charge is 0.154 e. The van der Waals surface area contributed by atoms with Gasteiger partial charge in [0.1, 0.15) is 0 Å². The Morgan fingerprint density at radius 2 is 1.37 bits per heavy atom. The maximum atomic E-state index is 5.88. The van der Waals surface area contributed by atoms with Crippen LogP contribution < -0.4 is 11.5 Å². The molecule has 0 saturated carbocycles. The van der Waals surface area contributed by atoms with Crippen LogP contribution in [-0.4, -0.2) is 11.7 Å². The van der Waals surface area contributed by atoms with Gasteiger partial charge >= 0.3 is 0 Å². The first-order chi connectivity index (χ1) is 9.18. The molecule has 0 radical (unpaired) electrons. The summed E-state index contributed by atoms with van der Waals surface area (Å²) in [6.07, 6.45) is 0. The molecule has 2 rings (SSSR count). The summed E-state index contributed by atoms with van der Waals surface area (Å²) in [6.45, 7) is 0. The van der Waals surface area contributed by atoms with Gasteiger partial charge < -0.3 is 11.5 Å². The van der Waals surface area contributed by atoms with Crippen molar-refractivity contribution in [1.29, 1.82) is 0 Å². The molecule has 19 heavy (non-hydrogen) atoms. The Bertz CT molecular complexity index is 620. The summed E-state index contributed by atoms with van der Waals surface area (Å²) in [5.41, 5.74) is 13.3. The van der Waals surface area contributed by atoms with E-state index in [1.165, 1.54) is 0 Å². The minimum atomic E-state index is 0.311. The Balaban J connectivity index is 2.25. The van der Waals surface area contributed by atoms with Crippen LogP contribution >= 0.6 is 15.9 Å². The molecule has 0 aliphatic carbocycles. The van der Waals surface area contributed by atoms with Crippen LogP contribution in [0.2, 0.25) is 0 Å². The van der Waals surface area contributed by atoms with E-state index < -0.39 is 0 Å². The number of hydrogen-bond donors (Lipinski definition) is 2. The predicted molar refractivity (Wildman–Crippen MR) is 82.0 cm³/mol. The Morgan fingerprint density at radius 3 is 2.05 bits per heavy atom. The van der Waals surface area contributed by atoms with Crippen molar-refractivity contribution >= 4 is 27.6 Å². The van der Waals surface area contributed by atoms with E-state index in [0.29, 0.717) is 11.7 Å². The van der Waals surface area contributed by atoms with Crippen molar-refractivity contribution in [2.75, 3.05) is 0 Å². The van der Waals surface area contributed by atoms with Gasteiger partial charge in [0.05, 0.1) is 0 Å². The lowest BCUT2D eigenvalue weighted by atomic mass is 10.2. The highest BCUT2D eigenvalue weighted by atomic mass is 79.9. The predicted octanol–water partition coefficient (Wildman–Crippen LogP) is 2.47. The Labute approximate surface area is 120 Å². The minimum Gasteiger partial charge on any atom is -0.382 e. The monoisotopic (exact) mass is 316 g/mol. The van der Waals surface area contributed by atoms with Gasteiger partial charge in [-0.05, 0) is 6.07 Å². The van der Waals surface area contributed by atoms with E-state index in [-0.39, 0.29) is 0 Å². The first kappa shape index (κ1) is 13.3. The Kier molecular flexibility index (Phi) is 4.30. The van der Waals surface area contributed by atoms with E-state index >= 15 is 0 Å². The molecule has 0 atom stereocenters. The second-order valence-corrected chi connectivity index (χ2v) is 4.67. The quantitative estimate of drug-likeness (QED) is 0.518. The van der Waals surface area contributed by atoms with Gasteiger partial charge in [-0.25, -0.2) is 0 Å². The van der Waals surface area contributed by atoms with Crippen molar-refractivity contribution in [1.82, 2.24) is 0 Å². The van der Waals surface area contributed by atoms with Gasteiger partial charge in [-0.2, -0.15) is 0 Å². The lowest BCUT2D eigenvalue weighted by Gasteiger charge is -2.02. The van der Waals surface area contributed by atoms with Crippen molar-refractivity contribution in [2.45, 2.75) is 0 Å². The summed E-state index contributed by atoms with van der Waals surface area (Å²) < 4.78 is 0.865. The molecule has 0 amide bonds. The van der Waals surface area contributed by atoms with Gasteiger partial charge in [-0.1, -0.05) is 64.5 Å². The number of rotatable bonds is 3. The van der Waals surface area contributed by atoms with Crippen LogP contribution in [0.4, 0.5) is 0 Å². The summed E-state index contributed by atoms with van der Waals surface area (Å²) in [7, 11) is 0. The molecule has 0 bridgehead atoms. The van der Waals surface area contributed by atoms with E-state index in [1.54, 1.807) is 0 Å². The zero-order valence-corrected chi connectivity index (χ0v) is 11.7. The summed E-state index contributed by atoms with van der Waals surface area (Å²) in [5, 5.41) is 7.91. The molecule has 96 valence electrons. The molecule has 0 aromatic heterocycles. The van der Waals surface area contributed by atoms with Crippen LogP contribution in [0.5, 0.6) is 0 Å². The van der Waals surface area contributed by atoms with E-state index in [9.17, 15) is 0 Å². The topological polar surface area (TPSA) is 76.8 Å². The SMILES string of the molecule is N/C(=N\N=C(/N)c1ccccc1Br)c1ccccc1. The number of hydrogen-bond acceptors (Lipinski definition) is 2. The average Bonchev–Trinajstić information content (AvgIpc) is 2.46. The van der Waals surface area contributed by atoms with Crippen molar-refractivity contribution in [3.8, 4) is 0 Å². The highest BCUT2D eigenvalue weighted by Gasteiger charge is 2.03. The van der Waals surface area contributed by atoms with Gasteiger partial charge in [-0.15, -0.1) is 10.2 Å². The van der Waals surface area contributed by atoms with E-state index in [2.05, 4.69) is 26.1 Å². The maximum absolute atomic E-state index is 5.88. The highest BCUT2D eigenvalue weighted by Crippen LogP contribution is 2.15. The van der Waals surface area contributed by atoms with Crippen LogP contribution in [0.25, 0.3) is 0 Å². The van der Waals surface area contributed by atoms with E-state index in [4.69, 9.17) is 11.5 Å². The molecule has 0 heterocycles. The van der Waals surface area contributed by atoms with Gasteiger partial charge in [0.15, 0.2) is 11.7 Å². The summed E-state index contributed by atoms with van der Waals surface area (Å²) in [5.74, 6) is 0.641. The zero-order valence-electron chi connectivity index (χ0n) is 10.1. The zero-order chi connectivity index (χ0) is 13.7.